The number of hydrogen-bond acceptors (Lipinski definition) is 8. The van der Waals surface area contributed by atoms with Gasteiger partial charge in [0.15, 0.2) is 5.65 Å². The molecule has 0 atom stereocenters. The fourth-order valence-electron chi connectivity index (χ4n) is 4.15. The number of aryl methyl sites for hydroxylation is 1. The van der Waals surface area contributed by atoms with Crippen LogP contribution in [-0.4, -0.2) is 89.1 Å². The number of carbonyl (C=O) groups excluding carboxylic acids is 1. The van der Waals surface area contributed by atoms with Crippen molar-refractivity contribution < 1.29 is 13.2 Å². The van der Waals surface area contributed by atoms with E-state index in [-0.39, 0.29) is 17.3 Å². The van der Waals surface area contributed by atoms with Gasteiger partial charge in [0.1, 0.15) is 12.1 Å². The molecule has 0 bridgehead atoms. The molecule has 1 aliphatic heterocycles. The van der Waals surface area contributed by atoms with Crippen LogP contribution in [0.15, 0.2) is 41.7 Å². The van der Waals surface area contributed by atoms with E-state index < -0.39 is 10.0 Å². The fraction of sp³-hybridized carbons (Fsp3) is 0.455. The average Bonchev–Trinajstić information content (AvgIpc) is 3.21. The molecule has 2 aromatic heterocycles. The summed E-state index contributed by atoms with van der Waals surface area (Å²) >= 11 is 0. The van der Waals surface area contributed by atoms with E-state index in [1.807, 2.05) is 20.9 Å². The van der Waals surface area contributed by atoms with Crippen LogP contribution in [0.1, 0.15) is 13.8 Å². The van der Waals surface area contributed by atoms with Crippen molar-refractivity contribution in [3.05, 3.63) is 36.8 Å². The predicted octanol–water partition coefficient (Wildman–Crippen LogP) is 1.15. The summed E-state index contributed by atoms with van der Waals surface area (Å²) in [5, 5.41) is 8.05. The summed E-state index contributed by atoms with van der Waals surface area (Å²) in [5.41, 5.74) is 1.37. The molecule has 4 rings (SSSR count). The zero-order chi connectivity index (χ0) is 24.3. The zero-order valence-corrected chi connectivity index (χ0v) is 20.5. The highest BCUT2D eigenvalue weighted by atomic mass is 32.2. The molecule has 1 fully saturated rings. The third-order valence-electron chi connectivity index (χ3n) is 6.03. The molecule has 3 aromatic rings. The molecule has 12 heteroatoms. The minimum atomic E-state index is -3.52. The number of anilines is 2. The van der Waals surface area contributed by atoms with E-state index in [2.05, 4.69) is 30.2 Å². The molecule has 1 aliphatic rings. The van der Waals surface area contributed by atoms with Gasteiger partial charge in [-0.3, -0.25) is 14.4 Å². The Hall–Kier alpha value is -3.09. The lowest BCUT2D eigenvalue weighted by Gasteiger charge is -2.35. The molecule has 0 spiro atoms. The molecule has 0 radical (unpaired) electrons. The molecule has 0 saturated carbocycles. The topological polar surface area (TPSA) is 117 Å². The normalized spacial score (nSPS) is 15.2. The molecule has 11 nitrogen and oxygen atoms in total. The third-order valence-corrected chi connectivity index (χ3v) is 8.09. The van der Waals surface area contributed by atoms with E-state index in [0.29, 0.717) is 18.8 Å². The number of nitrogens with zero attached hydrogens (tertiary/aromatic N) is 7. The number of aromatic nitrogens is 4. The third kappa shape index (κ3) is 4.88. The second-order valence-corrected chi connectivity index (χ2v) is 10.1. The Morgan fingerprint density at radius 2 is 1.74 bits per heavy atom. The van der Waals surface area contributed by atoms with Crippen LogP contribution in [0.5, 0.6) is 0 Å². The molecule has 1 saturated heterocycles. The number of benzene rings is 1. The number of carbonyl (C=O) groups is 1. The van der Waals surface area contributed by atoms with Crippen LogP contribution in [0.25, 0.3) is 11.0 Å². The quantitative estimate of drug-likeness (QED) is 0.504. The van der Waals surface area contributed by atoms with Gasteiger partial charge in [-0.25, -0.2) is 18.4 Å². The Labute approximate surface area is 199 Å². The standard InChI is InChI=1S/C22H30N8O3S/c1-4-30(5-2)34(32,33)18-8-6-17(7-9-18)26-20(31)15-28-10-12-29(13-11-28)22-19-14-25-27(3)21(19)23-16-24-22/h6-9,14,16H,4-5,10-13,15H2,1-3H3,(H,26,31). The van der Waals surface area contributed by atoms with Crippen molar-refractivity contribution in [2.24, 2.45) is 7.05 Å². The molecule has 1 N–H and O–H groups in total. The number of fused-ring (bicyclic) bond motifs is 1. The molecule has 34 heavy (non-hydrogen) atoms. The smallest absolute Gasteiger partial charge is 0.243 e. The fourth-order valence-corrected chi connectivity index (χ4v) is 5.60. The Balaban J connectivity index is 1.31. The number of piperazine rings is 1. The molecule has 3 heterocycles. The molecular formula is C22H30N8O3S. The summed E-state index contributed by atoms with van der Waals surface area (Å²) in [6.45, 7) is 7.63. The van der Waals surface area contributed by atoms with Crippen molar-refractivity contribution in [1.82, 2.24) is 29.0 Å². The monoisotopic (exact) mass is 486 g/mol. The van der Waals surface area contributed by atoms with Crippen molar-refractivity contribution in [3.8, 4) is 0 Å². The van der Waals surface area contributed by atoms with Gasteiger partial charge in [-0.2, -0.15) is 9.40 Å². The van der Waals surface area contributed by atoms with Crippen LogP contribution in [0.4, 0.5) is 11.5 Å². The molecule has 1 amide bonds. The Morgan fingerprint density at radius 1 is 1.06 bits per heavy atom. The Morgan fingerprint density at radius 3 is 2.38 bits per heavy atom. The van der Waals surface area contributed by atoms with Gasteiger partial charge in [0.2, 0.25) is 15.9 Å². The highest BCUT2D eigenvalue weighted by molar-refractivity contribution is 7.89. The first kappa shape index (κ1) is 24.0. The minimum Gasteiger partial charge on any atom is -0.353 e. The maximum Gasteiger partial charge on any atom is 0.243 e. The van der Waals surface area contributed by atoms with E-state index in [1.165, 1.54) is 16.4 Å². The summed E-state index contributed by atoms with van der Waals surface area (Å²) in [6.07, 6.45) is 3.33. The van der Waals surface area contributed by atoms with E-state index in [1.54, 1.807) is 29.3 Å². The van der Waals surface area contributed by atoms with Crippen molar-refractivity contribution in [1.29, 1.82) is 0 Å². The van der Waals surface area contributed by atoms with E-state index in [4.69, 9.17) is 0 Å². The first-order chi connectivity index (χ1) is 16.3. The molecule has 0 aliphatic carbocycles. The van der Waals surface area contributed by atoms with Crippen LogP contribution in [-0.2, 0) is 21.9 Å². The molecule has 1 aromatic carbocycles. The first-order valence-electron chi connectivity index (χ1n) is 11.3. The SMILES string of the molecule is CCN(CC)S(=O)(=O)c1ccc(NC(=O)CN2CCN(c3ncnc4c3cnn4C)CC2)cc1. The van der Waals surface area contributed by atoms with Crippen LogP contribution in [0, 0.1) is 0 Å². The van der Waals surface area contributed by atoms with Gasteiger partial charge in [0, 0.05) is 52.0 Å². The zero-order valence-electron chi connectivity index (χ0n) is 19.7. The second-order valence-electron chi connectivity index (χ2n) is 8.13. The number of rotatable bonds is 8. The van der Waals surface area contributed by atoms with E-state index >= 15 is 0 Å². The van der Waals surface area contributed by atoms with Crippen molar-refractivity contribution >= 4 is 38.5 Å². The van der Waals surface area contributed by atoms with Crippen LogP contribution in [0.2, 0.25) is 0 Å². The Kier molecular flexibility index (Phi) is 7.10. The van der Waals surface area contributed by atoms with Crippen molar-refractivity contribution in [2.75, 3.05) is 56.0 Å². The maximum atomic E-state index is 12.6. The summed E-state index contributed by atoms with van der Waals surface area (Å²) in [7, 11) is -1.66. The number of hydrogen-bond donors (Lipinski definition) is 1. The molecule has 0 unspecified atom stereocenters. The van der Waals surface area contributed by atoms with Crippen LogP contribution in [0.3, 0.4) is 0 Å². The number of amides is 1. The number of nitrogens with one attached hydrogen (secondary N) is 1. The van der Waals surface area contributed by atoms with Gasteiger partial charge in [-0.15, -0.1) is 0 Å². The van der Waals surface area contributed by atoms with E-state index in [9.17, 15) is 13.2 Å². The van der Waals surface area contributed by atoms with Crippen molar-refractivity contribution in [3.63, 3.8) is 0 Å². The van der Waals surface area contributed by atoms with Gasteiger partial charge in [-0.1, -0.05) is 13.8 Å². The van der Waals surface area contributed by atoms with Crippen LogP contribution < -0.4 is 10.2 Å². The summed E-state index contributed by atoms with van der Waals surface area (Å²) in [6, 6.07) is 6.31. The molecular weight excluding hydrogens is 456 g/mol. The first-order valence-corrected chi connectivity index (χ1v) is 12.8. The lowest BCUT2D eigenvalue weighted by Crippen LogP contribution is -2.49. The highest BCUT2D eigenvalue weighted by Gasteiger charge is 2.23. The average molecular weight is 487 g/mol. The largest absolute Gasteiger partial charge is 0.353 e. The second kappa shape index (κ2) is 10.0. The lowest BCUT2D eigenvalue weighted by atomic mass is 10.2. The van der Waals surface area contributed by atoms with Gasteiger partial charge in [0.05, 0.1) is 23.0 Å². The Bertz CT molecular complexity index is 1250. The van der Waals surface area contributed by atoms with Crippen molar-refractivity contribution in [2.45, 2.75) is 18.7 Å². The van der Waals surface area contributed by atoms with Gasteiger partial charge in [0.25, 0.3) is 0 Å². The minimum absolute atomic E-state index is 0.135. The maximum absolute atomic E-state index is 12.6. The number of sulfonamides is 1. The summed E-state index contributed by atoms with van der Waals surface area (Å²) < 4.78 is 28.3. The lowest BCUT2D eigenvalue weighted by molar-refractivity contribution is -0.117. The van der Waals surface area contributed by atoms with Crippen LogP contribution >= 0.6 is 0 Å². The van der Waals surface area contributed by atoms with E-state index in [0.717, 1.165) is 43.0 Å². The van der Waals surface area contributed by atoms with Gasteiger partial charge in [-0.05, 0) is 24.3 Å². The molecule has 182 valence electrons. The predicted molar refractivity (Wildman–Crippen MR) is 130 cm³/mol. The highest BCUT2D eigenvalue weighted by Crippen LogP contribution is 2.23. The van der Waals surface area contributed by atoms with Gasteiger partial charge < -0.3 is 10.2 Å². The summed E-state index contributed by atoms with van der Waals surface area (Å²) in [5.74, 6) is 0.728. The van der Waals surface area contributed by atoms with Gasteiger partial charge >= 0.3 is 0 Å². The summed E-state index contributed by atoms with van der Waals surface area (Å²) in [4.78, 5) is 25.8.